The summed E-state index contributed by atoms with van der Waals surface area (Å²) in [6.07, 6.45) is 0. The van der Waals surface area contributed by atoms with Crippen molar-refractivity contribution in [3.05, 3.63) is 52.5 Å². The van der Waals surface area contributed by atoms with Crippen LogP contribution in [0.4, 0.5) is 0 Å². The first-order chi connectivity index (χ1) is 9.74. The van der Waals surface area contributed by atoms with Gasteiger partial charge in [-0.15, -0.1) is 17.5 Å². The summed E-state index contributed by atoms with van der Waals surface area (Å²) in [6.45, 7) is -0.150. The Labute approximate surface area is 131 Å². The van der Waals surface area contributed by atoms with E-state index in [-0.39, 0.29) is 19.0 Å². The molecule has 0 aliphatic rings. The third-order valence-corrected chi connectivity index (χ3v) is 3.47. The summed E-state index contributed by atoms with van der Waals surface area (Å²) in [5.74, 6) is 0. The lowest BCUT2D eigenvalue weighted by atomic mass is 10.2. The number of aliphatic hydroxyl groups is 1. The molecule has 2 aromatic carbocycles. The molecule has 0 spiro atoms. The molecule has 106 valence electrons. The van der Waals surface area contributed by atoms with Crippen molar-refractivity contribution in [3.8, 4) is 11.8 Å². The quantitative estimate of drug-likeness (QED) is 0.787. The SMILES string of the molecule is Cl.N#Cc1ccc2nnn(-c3cccc(CO)c3Cl)c2c1. The predicted molar refractivity (Wildman–Crippen MR) is 81.8 cm³/mol. The summed E-state index contributed by atoms with van der Waals surface area (Å²) in [6, 6.07) is 12.5. The van der Waals surface area contributed by atoms with Gasteiger partial charge in [0.1, 0.15) is 5.52 Å². The number of hydrogen-bond donors (Lipinski definition) is 1. The van der Waals surface area contributed by atoms with Gasteiger partial charge in [-0.25, -0.2) is 4.68 Å². The van der Waals surface area contributed by atoms with Gasteiger partial charge < -0.3 is 5.11 Å². The van der Waals surface area contributed by atoms with E-state index in [0.717, 1.165) is 0 Å². The molecule has 0 aliphatic heterocycles. The van der Waals surface area contributed by atoms with Crippen LogP contribution in [-0.4, -0.2) is 20.1 Å². The van der Waals surface area contributed by atoms with Gasteiger partial charge in [0, 0.05) is 0 Å². The second-order valence-corrected chi connectivity index (χ2v) is 4.60. The molecule has 7 heteroatoms. The van der Waals surface area contributed by atoms with Gasteiger partial charge >= 0.3 is 0 Å². The molecular weight excluding hydrogens is 311 g/mol. The highest BCUT2D eigenvalue weighted by Gasteiger charge is 2.12. The summed E-state index contributed by atoms with van der Waals surface area (Å²) >= 11 is 6.26. The fraction of sp³-hybridized carbons (Fsp3) is 0.0714. The van der Waals surface area contributed by atoms with Crippen molar-refractivity contribution in [1.29, 1.82) is 5.26 Å². The number of fused-ring (bicyclic) bond motifs is 1. The van der Waals surface area contributed by atoms with Gasteiger partial charge in [0.25, 0.3) is 0 Å². The second-order valence-electron chi connectivity index (χ2n) is 4.22. The number of nitriles is 1. The van der Waals surface area contributed by atoms with Crippen LogP contribution in [0.15, 0.2) is 36.4 Å². The lowest BCUT2D eigenvalue weighted by Crippen LogP contribution is -2.00. The van der Waals surface area contributed by atoms with E-state index in [1.54, 1.807) is 41.1 Å². The van der Waals surface area contributed by atoms with Crippen molar-refractivity contribution in [1.82, 2.24) is 15.0 Å². The van der Waals surface area contributed by atoms with Crippen molar-refractivity contribution in [2.24, 2.45) is 0 Å². The standard InChI is InChI=1S/C14H9ClN4O.ClH/c15-14-10(8-20)2-1-3-12(14)19-13-6-9(7-16)4-5-11(13)17-18-19;/h1-6,20H,8H2;1H. The summed E-state index contributed by atoms with van der Waals surface area (Å²) in [4.78, 5) is 0. The lowest BCUT2D eigenvalue weighted by molar-refractivity contribution is 0.282. The fourth-order valence-corrected chi connectivity index (χ4v) is 2.28. The van der Waals surface area contributed by atoms with Gasteiger partial charge in [-0.1, -0.05) is 28.9 Å². The lowest BCUT2D eigenvalue weighted by Gasteiger charge is -2.08. The molecule has 1 N–H and O–H groups in total. The molecule has 0 unspecified atom stereocenters. The minimum absolute atomic E-state index is 0. The first-order valence-electron chi connectivity index (χ1n) is 5.89. The predicted octanol–water partition coefficient (Wildman–Crippen LogP) is 2.86. The third kappa shape index (κ3) is 2.57. The first kappa shape index (κ1) is 15.3. The van der Waals surface area contributed by atoms with Crippen molar-refractivity contribution < 1.29 is 5.11 Å². The molecule has 0 atom stereocenters. The zero-order valence-electron chi connectivity index (χ0n) is 10.7. The number of aliphatic hydroxyl groups excluding tert-OH is 1. The zero-order valence-corrected chi connectivity index (χ0v) is 12.3. The van der Waals surface area contributed by atoms with Crippen molar-refractivity contribution in [3.63, 3.8) is 0 Å². The number of halogens is 2. The van der Waals surface area contributed by atoms with Crippen LogP contribution in [0.25, 0.3) is 16.7 Å². The molecule has 21 heavy (non-hydrogen) atoms. The summed E-state index contributed by atoms with van der Waals surface area (Å²) < 4.78 is 1.57. The van der Waals surface area contributed by atoms with E-state index >= 15 is 0 Å². The van der Waals surface area contributed by atoms with Crippen LogP contribution < -0.4 is 0 Å². The monoisotopic (exact) mass is 320 g/mol. The van der Waals surface area contributed by atoms with Crippen LogP contribution in [0.2, 0.25) is 5.02 Å². The Kier molecular flexibility index (Phi) is 4.43. The van der Waals surface area contributed by atoms with Crippen LogP contribution in [0.5, 0.6) is 0 Å². The van der Waals surface area contributed by atoms with E-state index < -0.39 is 0 Å². The number of aromatic nitrogens is 3. The van der Waals surface area contributed by atoms with E-state index in [0.29, 0.717) is 32.9 Å². The number of rotatable bonds is 2. The highest BCUT2D eigenvalue weighted by molar-refractivity contribution is 6.33. The molecule has 0 radical (unpaired) electrons. The summed E-state index contributed by atoms with van der Waals surface area (Å²) in [5.41, 5.74) is 3.13. The molecular formula is C14H10Cl2N4O. The Morgan fingerprint density at radius 3 is 2.81 bits per heavy atom. The zero-order chi connectivity index (χ0) is 14.1. The van der Waals surface area contributed by atoms with Crippen LogP contribution in [0.1, 0.15) is 11.1 Å². The second kappa shape index (κ2) is 6.10. The van der Waals surface area contributed by atoms with E-state index in [2.05, 4.69) is 16.4 Å². The Morgan fingerprint density at radius 1 is 1.29 bits per heavy atom. The number of hydrogen-bond acceptors (Lipinski definition) is 4. The molecule has 3 aromatic rings. The topological polar surface area (TPSA) is 74.7 Å². The molecule has 5 nitrogen and oxygen atoms in total. The molecule has 0 saturated carbocycles. The molecule has 0 bridgehead atoms. The van der Waals surface area contributed by atoms with E-state index in [4.69, 9.17) is 16.9 Å². The van der Waals surface area contributed by atoms with Crippen LogP contribution >= 0.6 is 24.0 Å². The summed E-state index contributed by atoms with van der Waals surface area (Å²) in [5, 5.41) is 26.8. The molecule has 0 aliphatic carbocycles. The minimum Gasteiger partial charge on any atom is -0.392 e. The molecule has 0 amide bonds. The van der Waals surface area contributed by atoms with Gasteiger partial charge in [0.05, 0.1) is 34.5 Å². The van der Waals surface area contributed by atoms with Gasteiger partial charge in [-0.2, -0.15) is 5.26 Å². The molecule has 0 fully saturated rings. The third-order valence-electron chi connectivity index (χ3n) is 3.03. The highest BCUT2D eigenvalue weighted by atomic mass is 35.5. The smallest absolute Gasteiger partial charge is 0.113 e. The Hall–Kier alpha value is -2.13. The van der Waals surface area contributed by atoms with Crippen LogP contribution in [-0.2, 0) is 6.61 Å². The van der Waals surface area contributed by atoms with Crippen molar-refractivity contribution in [2.75, 3.05) is 0 Å². The molecule has 0 saturated heterocycles. The number of benzene rings is 2. The van der Waals surface area contributed by atoms with Gasteiger partial charge in [-0.05, 0) is 29.8 Å². The maximum Gasteiger partial charge on any atom is 0.113 e. The van der Waals surface area contributed by atoms with E-state index in [1.807, 2.05) is 0 Å². The van der Waals surface area contributed by atoms with Crippen molar-refractivity contribution >= 4 is 35.0 Å². The molecule has 1 aromatic heterocycles. The Balaban J connectivity index is 0.00000161. The van der Waals surface area contributed by atoms with Gasteiger partial charge in [0.2, 0.25) is 0 Å². The normalized spacial score (nSPS) is 10.1. The average molecular weight is 321 g/mol. The Morgan fingerprint density at radius 2 is 2.10 bits per heavy atom. The maximum absolute atomic E-state index is 9.26. The van der Waals surface area contributed by atoms with E-state index in [1.165, 1.54) is 0 Å². The summed E-state index contributed by atoms with van der Waals surface area (Å²) in [7, 11) is 0. The highest BCUT2D eigenvalue weighted by Crippen LogP contribution is 2.27. The Bertz CT molecular complexity index is 839. The maximum atomic E-state index is 9.26. The van der Waals surface area contributed by atoms with Crippen molar-refractivity contribution in [2.45, 2.75) is 6.61 Å². The molecule has 3 rings (SSSR count). The average Bonchev–Trinajstić information content (AvgIpc) is 2.90. The molecule has 1 heterocycles. The fourth-order valence-electron chi connectivity index (χ4n) is 2.02. The first-order valence-corrected chi connectivity index (χ1v) is 6.26. The largest absolute Gasteiger partial charge is 0.392 e. The van der Waals surface area contributed by atoms with E-state index in [9.17, 15) is 5.11 Å². The van der Waals surface area contributed by atoms with Crippen LogP contribution in [0.3, 0.4) is 0 Å². The van der Waals surface area contributed by atoms with Gasteiger partial charge in [0.15, 0.2) is 0 Å². The van der Waals surface area contributed by atoms with Gasteiger partial charge in [-0.3, -0.25) is 0 Å². The van der Waals surface area contributed by atoms with Crippen LogP contribution in [0, 0.1) is 11.3 Å². The minimum atomic E-state index is -0.150. The number of nitrogens with zero attached hydrogens (tertiary/aromatic N) is 4.